The fraction of sp³-hybridized carbons (Fsp3) is 0.875. The zero-order chi connectivity index (χ0) is 15.8. The largest absolute Gasteiger partial charge is 0.481 e. The van der Waals surface area contributed by atoms with E-state index in [2.05, 4.69) is 19.2 Å². The molecule has 0 spiro atoms. The molecule has 2 amide bonds. The van der Waals surface area contributed by atoms with Crippen molar-refractivity contribution in [2.75, 3.05) is 13.1 Å². The van der Waals surface area contributed by atoms with Gasteiger partial charge in [-0.25, -0.2) is 4.79 Å². The lowest BCUT2D eigenvalue weighted by Gasteiger charge is -2.24. The van der Waals surface area contributed by atoms with Gasteiger partial charge in [0.05, 0.1) is 0 Å². The number of carbonyl (C=O) groups excluding carboxylic acids is 1. The molecule has 0 aromatic heterocycles. The minimum atomic E-state index is -0.750. The molecule has 0 saturated heterocycles. The van der Waals surface area contributed by atoms with Gasteiger partial charge in [-0.05, 0) is 43.9 Å². The van der Waals surface area contributed by atoms with E-state index in [1.54, 1.807) is 0 Å². The Bertz CT molecular complexity index is 340. The Morgan fingerprint density at radius 3 is 2.38 bits per heavy atom. The summed E-state index contributed by atoms with van der Waals surface area (Å²) in [4.78, 5) is 24.7. The Balaban J connectivity index is 2.22. The summed E-state index contributed by atoms with van der Waals surface area (Å²) in [5.41, 5.74) is 0. The molecule has 1 atom stereocenters. The van der Waals surface area contributed by atoms with Crippen molar-refractivity contribution in [3.8, 4) is 0 Å². The monoisotopic (exact) mass is 298 g/mol. The number of aliphatic carboxylic acids is 1. The van der Waals surface area contributed by atoms with E-state index in [9.17, 15) is 9.59 Å². The van der Waals surface area contributed by atoms with E-state index in [0.717, 1.165) is 32.2 Å². The maximum atomic E-state index is 12.2. The van der Waals surface area contributed by atoms with Gasteiger partial charge in [0.25, 0.3) is 0 Å². The summed E-state index contributed by atoms with van der Waals surface area (Å²) in [5.74, 6) is 0.181. The summed E-state index contributed by atoms with van der Waals surface area (Å²) in [6, 6.07) is 0.483. The molecule has 1 rings (SSSR count). The van der Waals surface area contributed by atoms with Crippen molar-refractivity contribution in [2.45, 2.75) is 65.3 Å². The number of hydrogen-bond donors (Lipinski definition) is 2. The van der Waals surface area contributed by atoms with Crippen LogP contribution in [0.2, 0.25) is 0 Å². The lowest BCUT2D eigenvalue weighted by atomic mass is 10.0. The molecule has 0 heterocycles. The van der Waals surface area contributed by atoms with Crippen LogP contribution in [0.4, 0.5) is 4.79 Å². The first-order chi connectivity index (χ1) is 9.90. The molecule has 0 bridgehead atoms. The Kier molecular flexibility index (Phi) is 7.54. The Morgan fingerprint density at radius 2 is 1.86 bits per heavy atom. The third kappa shape index (κ3) is 7.93. The van der Waals surface area contributed by atoms with Crippen molar-refractivity contribution in [2.24, 2.45) is 11.8 Å². The van der Waals surface area contributed by atoms with Gasteiger partial charge in [0, 0.05) is 25.6 Å². The average Bonchev–Trinajstić information content (AvgIpc) is 3.20. The first-order valence-electron chi connectivity index (χ1n) is 8.16. The lowest BCUT2D eigenvalue weighted by molar-refractivity contribution is -0.137. The zero-order valence-corrected chi connectivity index (χ0v) is 13.6. The van der Waals surface area contributed by atoms with Crippen molar-refractivity contribution < 1.29 is 14.7 Å². The Hall–Kier alpha value is -1.26. The summed E-state index contributed by atoms with van der Waals surface area (Å²) in [6.45, 7) is 7.85. The maximum absolute atomic E-state index is 12.2. The molecule has 21 heavy (non-hydrogen) atoms. The molecule has 1 fully saturated rings. The van der Waals surface area contributed by atoms with Crippen LogP contribution in [0.5, 0.6) is 0 Å². The van der Waals surface area contributed by atoms with Gasteiger partial charge in [0.15, 0.2) is 0 Å². The van der Waals surface area contributed by atoms with Crippen LogP contribution in [-0.2, 0) is 4.79 Å². The van der Waals surface area contributed by atoms with Gasteiger partial charge in [0.1, 0.15) is 0 Å². The number of nitrogens with one attached hydrogen (secondary N) is 1. The van der Waals surface area contributed by atoms with E-state index < -0.39 is 5.97 Å². The Labute approximate surface area is 128 Å². The third-order valence-electron chi connectivity index (χ3n) is 3.96. The highest BCUT2D eigenvalue weighted by Gasteiger charge is 2.32. The number of amides is 2. The molecule has 0 aromatic carbocycles. The van der Waals surface area contributed by atoms with Crippen LogP contribution in [-0.4, -0.2) is 41.1 Å². The second kappa shape index (κ2) is 8.90. The van der Waals surface area contributed by atoms with Crippen molar-refractivity contribution in [1.29, 1.82) is 0 Å². The summed E-state index contributed by atoms with van der Waals surface area (Å²) < 4.78 is 0. The summed E-state index contributed by atoms with van der Waals surface area (Å²) in [5, 5.41) is 11.6. The van der Waals surface area contributed by atoms with Gasteiger partial charge < -0.3 is 15.3 Å². The molecule has 0 aromatic rings. The van der Waals surface area contributed by atoms with Crippen LogP contribution in [0.15, 0.2) is 0 Å². The molecular formula is C16H30N2O3. The summed E-state index contributed by atoms with van der Waals surface area (Å²) in [7, 11) is 0. The number of carboxylic acid groups (broad SMARTS) is 1. The molecule has 0 radical (unpaired) electrons. The smallest absolute Gasteiger partial charge is 0.317 e. The highest BCUT2D eigenvalue weighted by atomic mass is 16.4. The third-order valence-corrected chi connectivity index (χ3v) is 3.96. The lowest BCUT2D eigenvalue weighted by Crippen LogP contribution is -2.42. The van der Waals surface area contributed by atoms with Crippen molar-refractivity contribution in [3.63, 3.8) is 0 Å². The van der Waals surface area contributed by atoms with Crippen LogP contribution in [0.3, 0.4) is 0 Å². The number of rotatable bonds is 10. The van der Waals surface area contributed by atoms with Crippen LogP contribution >= 0.6 is 0 Å². The molecule has 2 N–H and O–H groups in total. The molecule has 0 aliphatic heterocycles. The zero-order valence-electron chi connectivity index (χ0n) is 13.6. The fourth-order valence-corrected chi connectivity index (χ4v) is 2.27. The second-order valence-electron chi connectivity index (χ2n) is 6.67. The van der Waals surface area contributed by atoms with Gasteiger partial charge in [-0.3, -0.25) is 4.79 Å². The standard InChI is InChI=1S/C16H30N2O3/c1-12(2)9-11-18(14-5-6-14)16(21)17-10-8-13(3)4-7-15(19)20/h12-14H,4-11H2,1-3H3,(H,17,21)(H,19,20). The second-order valence-corrected chi connectivity index (χ2v) is 6.67. The average molecular weight is 298 g/mol. The number of carbonyl (C=O) groups is 2. The predicted octanol–water partition coefficient (Wildman–Crippen LogP) is 3.10. The topological polar surface area (TPSA) is 69.6 Å². The van der Waals surface area contributed by atoms with E-state index in [0.29, 0.717) is 30.8 Å². The molecule has 122 valence electrons. The number of carboxylic acids is 1. The van der Waals surface area contributed by atoms with E-state index in [4.69, 9.17) is 5.11 Å². The van der Waals surface area contributed by atoms with Crippen molar-refractivity contribution in [1.82, 2.24) is 10.2 Å². The first kappa shape index (κ1) is 17.8. The van der Waals surface area contributed by atoms with E-state index in [1.165, 1.54) is 0 Å². The molecule has 1 unspecified atom stereocenters. The summed E-state index contributed by atoms with van der Waals surface area (Å²) >= 11 is 0. The first-order valence-corrected chi connectivity index (χ1v) is 8.16. The minimum Gasteiger partial charge on any atom is -0.481 e. The van der Waals surface area contributed by atoms with Crippen molar-refractivity contribution >= 4 is 12.0 Å². The SMILES string of the molecule is CC(C)CCN(C(=O)NCCC(C)CCC(=O)O)C1CC1. The quantitative estimate of drug-likeness (QED) is 0.651. The van der Waals surface area contributed by atoms with Crippen LogP contribution in [0.25, 0.3) is 0 Å². The van der Waals surface area contributed by atoms with E-state index >= 15 is 0 Å². The van der Waals surface area contributed by atoms with Crippen LogP contribution in [0.1, 0.15) is 59.3 Å². The van der Waals surface area contributed by atoms with E-state index in [-0.39, 0.29) is 12.5 Å². The molecule has 1 aliphatic rings. The van der Waals surface area contributed by atoms with Crippen molar-refractivity contribution in [3.05, 3.63) is 0 Å². The van der Waals surface area contributed by atoms with Gasteiger partial charge >= 0.3 is 12.0 Å². The molecule has 5 nitrogen and oxygen atoms in total. The Morgan fingerprint density at radius 1 is 1.19 bits per heavy atom. The molecule has 5 heteroatoms. The highest BCUT2D eigenvalue weighted by molar-refractivity contribution is 5.74. The van der Waals surface area contributed by atoms with Crippen LogP contribution < -0.4 is 5.32 Å². The highest BCUT2D eigenvalue weighted by Crippen LogP contribution is 2.27. The maximum Gasteiger partial charge on any atom is 0.317 e. The van der Waals surface area contributed by atoms with Crippen LogP contribution in [0, 0.1) is 11.8 Å². The molecule has 1 saturated carbocycles. The number of urea groups is 1. The normalized spacial score (nSPS) is 15.8. The summed E-state index contributed by atoms with van der Waals surface area (Å²) in [6.07, 6.45) is 5.00. The number of hydrogen-bond acceptors (Lipinski definition) is 2. The van der Waals surface area contributed by atoms with Gasteiger partial charge in [-0.15, -0.1) is 0 Å². The predicted molar refractivity (Wildman–Crippen MR) is 83.2 cm³/mol. The van der Waals surface area contributed by atoms with Gasteiger partial charge in [-0.2, -0.15) is 0 Å². The number of nitrogens with zero attached hydrogens (tertiary/aromatic N) is 1. The van der Waals surface area contributed by atoms with Gasteiger partial charge in [-0.1, -0.05) is 20.8 Å². The molecule has 1 aliphatic carbocycles. The fourth-order valence-electron chi connectivity index (χ4n) is 2.27. The molecular weight excluding hydrogens is 268 g/mol. The van der Waals surface area contributed by atoms with Gasteiger partial charge in [0.2, 0.25) is 0 Å². The minimum absolute atomic E-state index is 0.0450. The van der Waals surface area contributed by atoms with E-state index in [1.807, 2.05) is 11.8 Å².